The summed E-state index contributed by atoms with van der Waals surface area (Å²) in [6.07, 6.45) is 1.63. The van der Waals surface area contributed by atoms with E-state index in [0.29, 0.717) is 28.0 Å². The molecule has 2 N–H and O–H groups in total. The molecule has 1 aromatic heterocycles. The van der Waals surface area contributed by atoms with E-state index < -0.39 is 0 Å². The van der Waals surface area contributed by atoms with Crippen LogP contribution in [0.4, 0.5) is 17.2 Å². The molecule has 26 heavy (non-hydrogen) atoms. The highest BCUT2D eigenvalue weighted by Crippen LogP contribution is 2.26. The van der Waals surface area contributed by atoms with Crippen molar-refractivity contribution in [2.24, 2.45) is 0 Å². The standard InChI is InChI=1S/C21H20ClN3O/c1-14(2)15-9-11-16(12-10-15)24-21(26)17-6-5-13-23-20(17)25-19-8-4-3-7-18(19)22/h3-14H,1-2H3,(H,23,25)(H,24,26). The van der Waals surface area contributed by atoms with Crippen molar-refractivity contribution < 1.29 is 4.79 Å². The van der Waals surface area contributed by atoms with Gasteiger partial charge in [-0.1, -0.05) is 49.7 Å². The van der Waals surface area contributed by atoms with Crippen molar-refractivity contribution in [3.8, 4) is 0 Å². The number of rotatable bonds is 5. The minimum atomic E-state index is -0.232. The lowest BCUT2D eigenvalue weighted by atomic mass is 10.0. The van der Waals surface area contributed by atoms with E-state index in [4.69, 9.17) is 11.6 Å². The first-order valence-corrected chi connectivity index (χ1v) is 8.80. The molecule has 0 aliphatic heterocycles. The van der Waals surface area contributed by atoms with Crippen molar-refractivity contribution in [2.45, 2.75) is 19.8 Å². The molecule has 5 heteroatoms. The largest absolute Gasteiger partial charge is 0.338 e. The molecule has 2 aromatic carbocycles. The average Bonchev–Trinajstić information content (AvgIpc) is 2.64. The molecule has 0 radical (unpaired) electrons. The Morgan fingerprint density at radius 3 is 2.42 bits per heavy atom. The average molecular weight is 366 g/mol. The molecule has 0 atom stereocenters. The zero-order valence-electron chi connectivity index (χ0n) is 14.7. The second-order valence-electron chi connectivity index (χ2n) is 6.24. The Bertz CT molecular complexity index is 907. The fraction of sp³-hybridized carbons (Fsp3) is 0.143. The van der Waals surface area contributed by atoms with Gasteiger partial charge in [-0.05, 0) is 47.9 Å². The minimum absolute atomic E-state index is 0.232. The van der Waals surface area contributed by atoms with Gasteiger partial charge in [-0.3, -0.25) is 4.79 Å². The molecule has 0 bridgehead atoms. The van der Waals surface area contributed by atoms with Gasteiger partial charge in [0.15, 0.2) is 0 Å². The van der Waals surface area contributed by atoms with Crippen molar-refractivity contribution in [1.82, 2.24) is 4.98 Å². The van der Waals surface area contributed by atoms with Gasteiger partial charge in [0.1, 0.15) is 5.82 Å². The lowest BCUT2D eigenvalue weighted by molar-refractivity contribution is 0.102. The number of hydrogen-bond acceptors (Lipinski definition) is 3. The van der Waals surface area contributed by atoms with Crippen LogP contribution in [0.2, 0.25) is 5.02 Å². The van der Waals surface area contributed by atoms with Crippen LogP contribution in [-0.4, -0.2) is 10.9 Å². The molecule has 0 spiro atoms. The molecule has 1 amide bonds. The number of benzene rings is 2. The maximum Gasteiger partial charge on any atom is 0.259 e. The summed E-state index contributed by atoms with van der Waals surface area (Å²) in [4.78, 5) is 17.0. The van der Waals surface area contributed by atoms with E-state index >= 15 is 0 Å². The Hall–Kier alpha value is -2.85. The summed E-state index contributed by atoms with van der Waals surface area (Å²) < 4.78 is 0. The van der Waals surface area contributed by atoms with Crippen LogP contribution in [0, 0.1) is 0 Å². The third-order valence-corrected chi connectivity index (χ3v) is 4.34. The van der Waals surface area contributed by atoms with E-state index in [2.05, 4.69) is 29.5 Å². The number of carbonyl (C=O) groups is 1. The van der Waals surface area contributed by atoms with Crippen LogP contribution in [0.5, 0.6) is 0 Å². The van der Waals surface area contributed by atoms with E-state index in [-0.39, 0.29) is 5.91 Å². The highest BCUT2D eigenvalue weighted by atomic mass is 35.5. The molecule has 0 aliphatic carbocycles. The van der Waals surface area contributed by atoms with Crippen molar-refractivity contribution in [3.63, 3.8) is 0 Å². The molecule has 4 nitrogen and oxygen atoms in total. The van der Waals surface area contributed by atoms with Crippen LogP contribution in [0.15, 0.2) is 66.9 Å². The fourth-order valence-electron chi connectivity index (χ4n) is 2.53. The third kappa shape index (κ3) is 4.21. The van der Waals surface area contributed by atoms with Crippen molar-refractivity contribution >= 4 is 34.7 Å². The van der Waals surface area contributed by atoms with Crippen LogP contribution in [0.3, 0.4) is 0 Å². The van der Waals surface area contributed by atoms with E-state index in [0.717, 1.165) is 5.69 Å². The Morgan fingerprint density at radius 1 is 1.00 bits per heavy atom. The molecule has 3 aromatic rings. The zero-order chi connectivity index (χ0) is 18.5. The van der Waals surface area contributed by atoms with Gasteiger partial charge in [-0.2, -0.15) is 0 Å². The first-order chi connectivity index (χ1) is 12.5. The van der Waals surface area contributed by atoms with Gasteiger partial charge in [0, 0.05) is 11.9 Å². The molecular weight excluding hydrogens is 346 g/mol. The topological polar surface area (TPSA) is 54.0 Å². The highest BCUT2D eigenvalue weighted by Gasteiger charge is 2.14. The number of carbonyl (C=O) groups excluding carboxylic acids is 1. The first-order valence-electron chi connectivity index (χ1n) is 8.42. The molecule has 0 saturated carbocycles. The minimum Gasteiger partial charge on any atom is -0.338 e. The van der Waals surface area contributed by atoms with Crippen LogP contribution in [-0.2, 0) is 0 Å². The summed E-state index contributed by atoms with van der Waals surface area (Å²) in [5.41, 5.74) is 3.11. The van der Waals surface area contributed by atoms with Gasteiger partial charge in [-0.15, -0.1) is 0 Å². The van der Waals surface area contributed by atoms with E-state index in [1.54, 1.807) is 24.4 Å². The lowest BCUT2D eigenvalue weighted by Crippen LogP contribution is -2.14. The number of anilines is 3. The van der Waals surface area contributed by atoms with Crippen molar-refractivity contribution in [2.75, 3.05) is 10.6 Å². The third-order valence-electron chi connectivity index (χ3n) is 4.01. The SMILES string of the molecule is CC(C)c1ccc(NC(=O)c2cccnc2Nc2ccccc2Cl)cc1. The van der Waals surface area contributed by atoms with Crippen LogP contribution < -0.4 is 10.6 Å². The van der Waals surface area contributed by atoms with Gasteiger partial charge in [0.05, 0.1) is 16.3 Å². The quantitative estimate of drug-likeness (QED) is 0.595. The molecule has 0 unspecified atom stereocenters. The van der Waals surface area contributed by atoms with Gasteiger partial charge in [0.25, 0.3) is 5.91 Å². The maximum absolute atomic E-state index is 12.7. The zero-order valence-corrected chi connectivity index (χ0v) is 15.4. The van der Waals surface area contributed by atoms with Crippen LogP contribution >= 0.6 is 11.6 Å². The monoisotopic (exact) mass is 365 g/mol. The van der Waals surface area contributed by atoms with Gasteiger partial charge in [-0.25, -0.2) is 4.98 Å². The van der Waals surface area contributed by atoms with Gasteiger partial charge in [0.2, 0.25) is 0 Å². The van der Waals surface area contributed by atoms with Gasteiger partial charge >= 0.3 is 0 Å². The number of pyridine rings is 1. The summed E-state index contributed by atoms with van der Waals surface area (Å²) >= 11 is 6.19. The number of amides is 1. The predicted octanol–water partition coefficient (Wildman–Crippen LogP) is 5.85. The Labute approximate surface area is 158 Å². The summed E-state index contributed by atoms with van der Waals surface area (Å²) in [6.45, 7) is 4.27. The molecular formula is C21H20ClN3O. The molecule has 1 heterocycles. The maximum atomic E-state index is 12.7. The highest BCUT2D eigenvalue weighted by molar-refractivity contribution is 6.33. The summed E-state index contributed by atoms with van der Waals surface area (Å²) in [5.74, 6) is 0.673. The van der Waals surface area contributed by atoms with Crippen molar-refractivity contribution in [1.29, 1.82) is 0 Å². The Morgan fingerprint density at radius 2 is 1.73 bits per heavy atom. The number of aromatic nitrogens is 1. The number of nitrogens with one attached hydrogen (secondary N) is 2. The smallest absolute Gasteiger partial charge is 0.259 e. The molecule has 132 valence electrons. The predicted molar refractivity (Wildman–Crippen MR) is 107 cm³/mol. The second-order valence-corrected chi connectivity index (χ2v) is 6.64. The Balaban J connectivity index is 1.80. The van der Waals surface area contributed by atoms with Crippen molar-refractivity contribution in [3.05, 3.63) is 83.0 Å². The summed E-state index contributed by atoms with van der Waals surface area (Å²) in [5, 5.41) is 6.60. The first kappa shape index (κ1) is 18.0. The molecule has 0 fully saturated rings. The number of para-hydroxylation sites is 1. The second kappa shape index (κ2) is 8.02. The number of hydrogen-bond donors (Lipinski definition) is 2. The van der Waals surface area contributed by atoms with E-state index in [1.165, 1.54) is 5.56 Å². The normalized spacial score (nSPS) is 10.6. The molecule has 0 saturated heterocycles. The Kier molecular flexibility index (Phi) is 5.54. The van der Waals surface area contributed by atoms with E-state index in [9.17, 15) is 4.79 Å². The summed E-state index contributed by atoms with van der Waals surface area (Å²) in [6, 6.07) is 18.6. The van der Waals surface area contributed by atoms with Crippen LogP contribution in [0.1, 0.15) is 35.7 Å². The number of nitrogens with zero attached hydrogens (tertiary/aromatic N) is 1. The number of halogens is 1. The van der Waals surface area contributed by atoms with Crippen LogP contribution in [0.25, 0.3) is 0 Å². The summed E-state index contributed by atoms with van der Waals surface area (Å²) in [7, 11) is 0. The molecule has 3 rings (SSSR count). The molecule has 0 aliphatic rings. The lowest BCUT2D eigenvalue weighted by Gasteiger charge is -2.13. The van der Waals surface area contributed by atoms with E-state index in [1.807, 2.05) is 42.5 Å². The fourth-order valence-corrected chi connectivity index (χ4v) is 2.71. The van der Waals surface area contributed by atoms with Gasteiger partial charge < -0.3 is 10.6 Å².